The SMILES string of the molecule is Cc1ccc(-n2nnnc2SCC(=O)Nc2ncc(Cc3ccc(Cl)c(C(F)(F)F)c3)s2)cc1. The largest absolute Gasteiger partial charge is 0.417 e. The fraction of sp³-hybridized carbons (Fsp3) is 0.190. The zero-order valence-electron chi connectivity index (χ0n) is 17.5. The maximum absolute atomic E-state index is 13.1. The Labute approximate surface area is 205 Å². The lowest BCUT2D eigenvalue weighted by atomic mass is 10.1. The van der Waals surface area contributed by atoms with E-state index in [9.17, 15) is 18.0 Å². The molecule has 2 aromatic carbocycles. The molecular weight excluding hydrogens is 509 g/mol. The second kappa shape index (κ2) is 10.1. The van der Waals surface area contributed by atoms with Gasteiger partial charge in [0.15, 0.2) is 5.13 Å². The number of benzene rings is 2. The van der Waals surface area contributed by atoms with Crippen LogP contribution in [0.4, 0.5) is 18.3 Å². The van der Waals surface area contributed by atoms with Gasteiger partial charge in [0.1, 0.15) is 0 Å². The molecule has 1 N–H and O–H groups in total. The molecule has 34 heavy (non-hydrogen) atoms. The molecule has 0 aliphatic rings. The molecular formula is C21H16ClF3N6OS2. The molecule has 0 bridgehead atoms. The zero-order valence-corrected chi connectivity index (χ0v) is 19.9. The lowest BCUT2D eigenvalue weighted by Gasteiger charge is -2.10. The summed E-state index contributed by atoms with van der Waals surface area (Å²) in [5.41, 5.74) is 1.44. The van der Waals surface area contributed by atoms with Gasteiger partial charge in [0.05, 0.1) is 22.0 Å². The average Bonchev–Trinajstić information content (AvgIpc) is 3.43. The van der Waals surface area contributed by atoms with Gasteiger partial charge in [-0.1, -0.05) is 47.1 Å². The minimum atomic E-state index is -4.53. The number of carbonyl (C=O) groups excluding carboxylic acids is 1. The molecule has 0 radical (unpaired) electrons. The van der Waals surface area contributed by atoms with Gasteiger partial charge in [-0.3, -0.25) is 4.79 Å². The van der Waals surface area contributed by atoms with E-state index in [4.69, 9.17) is 11.6 Å². The number of amides is 1. The quantitative estimate of drug-likeness (QED) is 0.325. The molecule has 4 aromatic rings. The van der Waals surface area contributed by atoms with E-state index in [-0.39, 0.29) is 23.1 Å². The highest BCUT2D eigenvalue weighted by Crippen LogP contribution is 2.35. The van der Waals surface area contributed by atoms with Crippen molar-refractivity contribution in [2.45, 2.75) is 24.7 Å². The van der Waals surface area contributed by atoms with Crippen molar-refractivity contribution < 1.29 is 18.0 Å². The smallest absolute Gasteiger partial charge is 0.301 e. The fourth-order valence-electron chi connectivity index (χ4n) is 2.95. The van der Waals surface area contributed by atoms with Crippen molar-refractivity contribution in [1.29, 1.82) is 0 Å². The van der Waals surface area contributed by atoms with Crippen LogP contribution >= 0.6 is 34.7 Å². The lowest BCUT2D eigenvalue weighted by molar-refractivity contribution is -0.137. The molecule has 0 saturated carbocycles. The summed E-state index contributed by atoms with van der Waals surface area (Å²) in [6.45, 7) is 1.97. The predicted molar refractivity (Wildman–Crippen MR) is 125 cm³/mol. The maximum Gasteiger partial charge on any atom is 0.417 e. The number of alkyl halides is 3. The number of thioether (sulfide) groups is 1. The number of anilines is 1. The van der Waals surface area contributed by atoms with Gasteiger partial charge in [0.25, 0.3) is 0 Å². The van der Waals surface area contributed by atoms with Gasteiger partial charge in [0.2, 0.25) is 11.1 Å². The Balaban J connectivity index is 1.35. The van der Waals surface area contributed by atoms with Gasteiger partial charge in [-0.15, -0.1) is 16.4 Å². The summed E-state index contributed by atoms with van der Waals surface area (Å²) in [5, 5.41) is 14.7. The highest BCUT2D eigenvalue weighted by Gasteiger charge is 2.33. The van der Waals surface area contributed by atoms with E-state index in [1.807, 2.05) is 31.2 Å². The number of aromatic nitrogens is 5. The minimum Gasteiger partial charge on any atom is -0.301 e. The third-order valence-electron chi connectivity index (χ3n) is 4.57. The summed E-state index contributed by atoms with van der Waals surface area (Å²) in [5.74, 6) is -0.261. The monoisotopic (exact) mass is 524 g/mol. The van der Waals surface area contributed by atoms with Crippen LogP contribution in [0.3, 0.4) is 0 Å². The highest BCUT2D eigenvalue weighted by atomic mass is 35.5. The molecule has 13 heteroatoms. The van der Waals surface area contributed by atoms with Gasteiger partial charge in [0, 0.05) is 17.5 Å². The summed E-state index contributed by atoms with van der Waals surface area (Å²) in [6, 6.07) is 11.4. The van der Waals surface area contributed by atoms with Gasteiger partial charge in [-0.25, -0.2) is 4.98 Å². The highest BCUT2D eigenvalue weighted by molar-refractivity contribution is 7.99. The van der Waals surface area contributed by atoms with Crippen molar-refractivity contribution in [2.75, 3.05) is 11.1 Å². The maximum atomic E-state index is 13.1. The van der Waals surface area contributed by atoms with E-state index in [2.05, 4.69) is 25.8 Å². The van der Waals surface area contributed by atoms with Crippen molar-refractivity contribution in [3.05, 3.63) is 75.3 Å². The molecule has 0 saturated heterocycles. The van der Waals surface area contributed by atoms with E-state index >= 15 is 0 Å². The molecule has 7 nitrogen and oxygen atoms in total. The molecule has 2 aromatic heterocycles. The first kappa shape index (κ1) is 24.2. The van der Waals surface area contributed by atoms with Crippen molar-refractivity contribution in [1.82, 2.24) is 25.2 Å². The Morgan fingerprint density at radius 1 is 1.21 bits per heavy atom. The molecule has 0 unspecified atom stereocenters. The van der Waals surface area contributed by atoms with E-state index in [1.54, 1.807) is 4.68 Å². The van der Waals surface area contributed by atoms with Crippen LogP contribution in [0.5, 0.6) is 0 Å². The second-order valence-corrected chi connectivity index (χ2v) is 9.63. The third kappa shape index (κ3) is 5.93. The number of hydrogen-bond acceptors (Lipinski definition) is 7. The van der Waals surface area contributed by atoms with E-state index in [0.717, 1.165) is 17.3 Å². The van der Waals surface area contributed by atoms with E-state index in [0.29, 0.717) is 20.7 Å². The molecule has 176 valence electrons. The molecule has 0 fully saturated rings. The summed E-state index contributed by atoms with van der Waals surface area (Å²) < 4.78 is 40.8. The van der Waals surface area contributed by atoms with Crippen LogP contribution in [0.2, 0.25) is 5.02 Å². The van der Waals surface area contributed by atoms with E-state index in [1.165, 1.54) is 41.4 Å². The number of rotatable bonds is 7. The summed E-state index contributed by atoms with van der Waals surface area (Å²) in [6.07, 6.45) is -2.78. The normalized spacial score (nSPS) is 11.6. The number of aryl methyl sites for hydroxylation is 1. The molecule has 0 aliphatic carbocycles. The van der Waals surface area contributed by atoms with Crippen LogP contribution in [-0.4, -0.2) is 36.9 Å². The molecule has 0 aliphatic heterocycles. The summed E-state index contributed by atoms with van der Waals surface area (Å²) >= 11 is 8.02. The second-order valence-electron chi connectivity index (χ2n) is 7.17. The zero-order chi connectivity index (χ0) is 24.3. The number of halogens is 4. The minimum absolute atomic E-state index is 0.0489. The van der Waals surface area contributed by atoms with Crippen LogP contribution in [0.15, 0.2) is 53.8 Å². The predicted octanol–water partition coefficient (Wildman–Crippen LogP) is 5.42. The van der Waals surface area contributed by atoms with Gasteiger partial charge < -0.3 is 5.32 Å². The summed E-state index contributed by atoms with van der Waals surface area (Å²) in [4.78, 5) is 17.2. The Kier molecular flexibility index (Phi) is 7.19. The number of thiazole rings is 1. The van der Waals surface area contributed by atoms with Crippen LogP contribution in [-0.2, 0) is 17.4 Å². The first-order valence-electron chi connectivity index (χ1n) is 9.77. The Bertz CT molecular complexity index is 1310. The molecule has 0 atom stereocenters. The van der Waals surface area contributed by atoms with Crippen molar-refractivity contribution >= 4 is 45.7 Å². The van der Waals surface area contributed by atoms with Gasteiger partial charge in [-0.2, -0.15) is 17.9 Å². The van der Waals surface area contributed by atoms with E-state index < -0.39 is 11.7 Å². The number of nitrogens with one attached hydrogen (secondary N) is 1. The Morgan fingerprint density at radius 3 is 2.71 bits per heavy atom. The number of nitrogens with zero attached hydrogens (tertiary/aromatic N) is 5. The first-order valence-corrected chi connectivity index (χ1v) is 12.0. The third-order valence-corrected chi connectivity index (χ3v) is 6.73. The molecule has 4 rings (SSSR count). The molecule has 1 amide bonds. The number of carbonyl (C=O) groups is 1. The topological polar surface area (TPSA) is 85.6 Å². The van der Waals surface area contributed by atoms with Gasteiger partial charge >= 0.3 is 6.18 Å². The van der Waals surface area contributed by atoms with Crippen LogP contribution in [0.25, 0.3) is 5.69 Å². The Morgan fingerprint density at radius 2 is 1.97 bits per heavy atom. The van der Waals surface area contributed by atoms with Crippen molar-refractivity contribution in [3.63, 3.8) is 0 Å². The fourth-order valence-corrected chi connectivity index (χ4v) is 4.73. The standard InChI is InChI=1S/C21H16ClF3N6OS2/c1-12-2-5-14(6-3-12)31-20(28-29-30-31)33-11-18(32)27-19-26-10-15(34-19)8-13-4-7-17(22)16(9-13)21(23,24)25/h2-7,9-10H,8,11H2,1H3,(H,26,27,32). The molecule has 0 spiro atoms. The van der Waals surface area contributed by atoms with Crippen LogP contribution in [0, 0.1) is 6.92 Å². The lowest BCUT2D eigenvalue weighted by Crippen LogP contribution is -2.14. The van der Waals surface area contributed by atoms with Crippen LogP contribution in [0.1, 0.15) is 21.6 Å². The van der Waals surface area contributed by atoms with Crippen LogP contribution < -0.4 is 5.32 Å². The van der Waals surface area contributed by atoms with Gasteiger partial charge in [-0.05, 0) is 47.2 Å². The first-order chi connectivity index (χ1) is 16.2. The number of tetrazole rings is 1. The van der Waals surface area contributed by atoms with Crippen molar-refractivity contribution in [2.24, 2.45) is 0 Å². The van der Waals surface area contributed by atoms with Crippen molar-refractivity contribution in [3.8, 4) is 5.69 Å². The number of hydrogen-bond donors (Lipinski definition) is 1. The average molecular weight is 525 g/mol. The summed E-state index contributed by atoms with van der Waals surface area (Å²) in [7, 11) is 0. The Hall–Kier alpha value is -2.96. The molecule has 2 heterocycles.